The van der Waals surface area contributed by atoms with Crippen molar-refractivity contribution in [3.63, 3.8) is 0 Å². The average molecular weight is 445 g/mol. The second kappa shape index (κ2) is 10.9. The van der Waals surface area contributed by atoms with Crippen molar-refractivity contribution in [1.29, 1.82) is 0 Å². The van der Waals surface area contributed by atoms with E-state index < -0.39 is 33.4 Å². The molecule has 0 heterocycles. The third-order valence-electron chi connectivity index (χ3n) is 7.11. The summed E-state index contributed by atoms with van der Waals surface area (Å²) < 4.78 is 44.0. The molecule has 3 saturated carbocycles. The van der Waals surface area contributed by atoms with E-state index in [9.17, 15) is 22.6 Å². The molecule has 1 N–H and O–H groups in total. The maximum Gasteiger partial charge on any atom is 0.366 e. The molecule has 0 radical (unpaired) electrons. The minimum Gasteiger partial charge on any atom is -0.459 e. The zero-order chi connectivity index (χ0) is 21.6. The molecule has 1 unspecified atom stereocenters. The molecule has 0 saturated heterocycles. The number of esters is 2. The normalized spacial score (nSPS) is 23.8. The molecule has 3 rings (SSSR count). The highest BCUT2D eigenvalue weighted by Crippen LogP contribution is 2.41. The number of carbonyl (C=O) groups excluding carboxylic acids is 2. The largest absolute Gasteiger partial charge is 0.459 e. The minimum atomic E-state index is -4.92. The SMILES string of the molecule is O=C(OC(C(=O)OC1CCCCC1)S(=O)(=O)O)C(C1CCCCC1)C1CCCCC1. The van der Waals surface area contributed by atoms with Crippen molar-refractivity contribution in [3.05, 3.63) is 0 Å². The Labute approximate surface area is 180 Å². The molecule has 0 bridgehead atoms. The first kappa shape index (κ1) is 23.5. The summed E-state index contributed by atoms with van der Waals surface area (Å²) in [5, 5.41) is 0. The molecule has 3 fully saturated rings. The van der Waals surface area contributed by atoms with Crippen LogP contribution in [0.25, 0.3) is 0 Å². The smallest absolute Gasteiger partial charge is 0.366 e. The van der Waals surface area contributed by atoms with Crippen molar-refractivity contribution in [2.75, 3.05) is 0 Å². The van der Waals surface area contributed by atoms with Crippen molar-refractivity contribution in [3.8, 4) is 0 Å². The first-order valence-electron chi connectivity index (χ1n) is 11.7. The van der Waals surface area contributed by atoms with E-state index >= 15 is 0 Å². The second-order valence-electron chi connectivity index (χ2n) is 9.30. The lowest BCUT2D eigenvalue weighted by atomic mass is 9.69. The topological polar surface area (TPSA) is 107 Å². The van der Waals surface area contributed by atoms with Gasteiger partial charge >= 0.3 is 27.5 Å². The van der Waals surface area contributed by atoms with E-state index in [-0.39, 0.29) is 17.9 Å². The lowest BCUT2D eigenvalue weighted by molar-refractivity contribution is -0.171. The molecule has 1 atom stereocenters. The molecule has 0 aromatic heterocycles. The molecule has 3 aliphatic rings. The van der Waals surface area contributed by atoms with Crippen molar-refractivity contribution in [2.24, 2.45) is 17.8 Å². The van der Waals surface area contributed by atoms with E-state index in [1.165, 1.54) is 0 Å². The van der Waals surface area contributed by atoms with Crippen molar-refractivity contribution < 1.29 is 32.0 Å². The predicted octanol–water partition coefficient (Wildman–Crippen LogP) is 4.40. The quantitative estimate of drug-likeness (QED) is 0.458. The zero-order valence-corrected chi connectivity index (χ0v) is 18.6. The number of hydrogen-bond donors (Lipinski definition) is 1. The maximum absolute atomic E-state index is 13.2. The van der Waals surface area contributed by atoms with Gasteiger partial charge in [-0.1, -0.05) is 44.9 Å². The lowest BCUT2D eigenvalue weighted by Gasteiger charge is -2.36. The predicted molar refractivity (Wildman–Crippen MR) is 111 cm³/mol. The van der Waals surface area contributed by atoms with E-state index in [2.05, 4.69) is 0 Å². The zero-order valence-electron chi connectivity index (χ0n) is 17.8. The molecular weight excluding hydrogens is 408 g/mol. The Hall–Kier alpha value is -1.15. The van der Waals surface area contributed by atoms with Crippen LogP contribution >= 0.6 is 0 Å². The molecule has 172 valence electrons. The van der Waals surface area contributed by atoms with Gasteiger partial charge in [-0.15, -0.1) is 0 Å². The summed E-state index contributed by atoms with van der Waals surface area (Å²) in [6.07, 6.45) is 13.9. The molecule has 0 spiro atoms. The van der Waals surface area contributed by atoms with E-state index in [1.54, 1.807) is 0 Å². The van der Waals surface area contributed by atoms with Crippen LogP contribution in [-0.2, 0) is 29.2 Å². The van der Waals surface area contributed by atoms with Crippen LogP contribution in [0.3, 0.4) is 0 Å². The van der Waals surface area contributed by atoms with Crippen LogP contribution in [0.1, 0.15) is 96.3 Å². The fourth-order valence-electron chi connectivity index (χ4n) is 5.57. The minimum absolute atomic E-state index is 0.144. The molecule has 0 aromatic carbocycles. The van der Waals surface area contributed by atoms with Gasteiger partial charge in [-0.25, -0.2) is 4.79 Å². The summed E-state index contributed by atoms with van der Waals surface area (Å²) in [5.74, 6) is -1.98. The number of rotatable bonds is 7. The lowest BCUT2D eigenvalue weighted by Crippen LogP contribution is -2.42. The second-order valence-corrected chi connectivity index (χ2v) is 10.8. The van der Waals surface area contributed by atoms with Gasteiger partial charge in [0.15, 0.2) is 0 Å². The van der Waals surface area contributed by atoms with Crippen LogP contribution in [0.5, 0.6) is 0 Å². The Bertz CT molecular complexity index is 654. The molecule has 7 nitrogen and oxygen atoms in total. The van der Waals surface area contributed by atoms with Gasteiger partial charge in [0, 0.05) is 0 Å². The fourth-order valence-corrected chi connectivity index (χ4v) is 6.09. The third kappa shape index (κ3) is 6.42. The van der Waals surface area contributed by atoms with Crippen molar-refractivity contribution in [2.45, 2.75) is 108 Å². The number of carbonyl (C=O) groups is 2. The Morgan fingerprint density at radius 2 is 1.13 bits per heavy atom. The highest BCUT2D eigenvalue weighted by molar-refractivity contribution is 7.87. The van der Waals surface area contributed by atoms with Crippen molar-refractivity contribution in [1.82, 2.24) is 0 Å². The van der Waals surface area contributed by atoms with Crippen LogP contribution in [-0.4, -0.2) is 36.4 Å². The molecule has 0 amide bonds. The summed E-state index contributed by atoms with van der Waals surface area (Å²) >= 11 is 0. The highest BCUT2D eigenvalue weighted by Gasteiger charge is 2.43. The maximum atomic E-state index is 13.2. The first-order chi connectivity index (χ1) is 14.4. The highest BCUT2D eigenvalue weighted by atomic mass is 32.2. The standard InChI is InChI=1S/C22H36O7S/c23-20(19(16-10-4-1-5-11-16)17-12-6-2-7-13-17)29-22(30(25,26)27)21(24)28-18-14-8-3-9-15-18/h16-19,22H,1-15H2,(H,25,26,27). The molecule has 0 aromatic rings. The van der Waals surface area contributed by atoms with E-state index in [4.69, 9.17) is 9.47 Å². The first-order valence-corrected chi connectivity index (χ1v) is 13.2. The van der Waals surface area contributed by atoms with Gasteiger partial charge < -0.3 is 9.47 Å². The molecule has 30 heavy (non-hydrogen) atoms. The number of ether oxygens (including phenoxy) is 2. The fraction of sp³-hybridized carbons (Fsp3) is 0.909. The Morgan fingerprint density at radius 1 is 0.700 bits per heavy atom. The monoisotopic (exact) mass is 444 g/mol. The van der Waals surface area contributed by atoms with Gasteiger partial charge in [0.05, 0.1) is 5.92 Å². The van der Waals surface area contributed by atoms with E-state index in [0.717, 1.165) is 83.5 Å². The Kier molecular flexibility index (Phi) is 8.57. The van der Waals surface area contributed by atoms with Crippen LogP contribution in [0.4, 0.5) is 0 Å². The summed E-state index contributed by atoms with van der Waals surface area (Å²) in [5.41, 5.74) is -2.29. The summed E-state index contributed by atoms with van der Waals surface area (Å²) in [6.45, 7) is 0. The summed E-state index contributed by atoms with van der Waals surface area (Å²) in [7, 11) is -4.92. The van der Waals surface area contributed by atoms with Crippen LogP contribution in [0, 0.1) is 17.8 Å². The van der Waals surface area contributed by atoms with Crippen LogP contribution in [0.2, 0.25) is 0 Å². The van der Waals surface area contributed by atoms with Crippen LogP contribution in [0.15, 0.2) is 0 Å². The molecular formula is C22H36O7S. The molecule has 8 heteroatoms. The van der Waals surface area contributed by atoms with Gasteiger partial charge in [-0.2, -0.15) is 8.42 Å². The molecule has 0 aliphatic heterocycles. The Morgan fingerprint density at radius 3 is 1.57 bits per heavy atom. The van der Waals surface area contributed by atoms with Crippen molar-refractivity contribution >= 4 is 22.1 Å². The van der Waals surface area contributed by atoms with Crippen LogP contribution < -0.4 is 0 Å². The van der Waals surface area contributed by atoms with E-state index in [1.807, 2.05) is 0 Å². The average Bonchev–Trinajstić information content (AvgIpc) is 2.73. The van der Waals surface area contributed by atoms with E-state index in [0.29, 0.717) is 12.8 Å². The van der Waals surface area contributed by atoms with Gasteiger partial charge in [0.2, 0.25) is 0 Å². The van der Waals surface area contributed by atoms with Gasteiger partial charge in [0.1, 0.15) is 6.10 Å². The van der Waals surface area contributed by atoms with Gasteiger partial charge in [-0.05, 0) is 63.2 Å². The Balaban J connectivity index is 1.72. The van der Waals surface area contributed by atoms with Gasteiger partial charge in [-0.3, -0.25) is 9.35 Å². The third-order valence-corrected chi connectivity index (χ3v) is 7.94. The summed E-state index contributed by atoms with van der Waals surface area (Å²) in [4.78, 5) is 25.7. The molecule has 3 aliphatic carbocycles. The van der Waals surface area contributed by atoms with Gasteiger partial charge in [0.25, 0.3) is 0 Å². The number of hydrogen-bond acceptors (Lipinski definition) is 6. The summed E-state index contributed by atoms with van der Waals surface area (Å²) in [6, 6.07) is 0.